The third kappa shape index (κ3) is 4.00. The second-order valence-electron chi connectivity index (χ2n) is 8.10. The number of hydrogen-bond acceptors (Lipinski definition) is 4. The van der Waals surface area contributed by atoms with Crippen molar-refractivity contribution >= 4 is 33.0 Å². The van der Waals surface area contributed by atoms with Gasteiger partial charge in [-0.3, -0.25) is 4.79 Å². The van der Waals surface area contributed by atoms with Gasteiger partial charge in [0.2, 0.25) is 15.9 Å². The standard InChI is InChI=1S/C22H28N2O3S2/c1-2-14-29(26,27)24-12-9-17-7-8-19(15-18(17)16-24)23-21(25)22(10-3-4-11-22)20-6-5-13-28-20/h5-8,13,15H,2-4,9-12,14,16H2,1H3,(H,23,25). The Balaban J connectivity index is 1.55. The maximum absolute atomic E-state index is 13.3. The summed E-state index contributed by atoms with van der Waals surface area (Å²) < 4.78 is 26.5. The van der Waals surface area contributed by atoms with Gasteiger partial charge in [-0.05, 0) is 60.4 Å². The van der Waals surface area contributed by atoms with Crippen LogP contribution in [-0.2, 0) is 33.2 Å². The molecule has 5 nitrogen and oxygen atoms in total. The number of rotatable bonds is 6. The number of thiophene rings is 1. The third-order valence-corrected chi connectivity index (χ3v) is 9.28. The monoisotopic (exact) mass is 432 g/mol. The van der Waals surface area contributed by atoms with Crippen LogP contribution < -0.4 is 5.32 Å². The predicted octanol–water partition coefficient (Wildman–Crippen LogP) is 4.30. The highest BCUT2D eigenvalue weighted by molar-refractivity contribution is 7.89. The summed E-state index contributed by atoms with van der Waals surface area (Å²) in [5, 5.41) is 5.18. The van der Waals surface area contributed by atoms with E-state index in [4.69, 9.17) is 0 Å². The minimum Gasteiger partial charge on any atom is -0.325 e. The maximum atomic E-state index is 13.3. The number of benzene rings is 1. The minimum atomic E-state index is -3.22. The number of hydrogen-bond donors (Lipinski definition) is 1. The van der Waals surface area contributed by atoms with Gasteiger partial charge in [-0.2, -0.15) is 4.31 Å². The van der Waals surface area contributed by atoms with E-state index < -0.39 is 15.4 Å². The lowest BCUT2D eigenvalue weighted by atomic mass is 9.83. The molecule has 2 aromatic rings. The van der Waals surface area contributed by atoms with Crippen LogP contribution in [0.3, 0.4) is 0 Å². The molecule has 0 unspecified atom stereocenters. The molecule has 29 heavy (non-hydrogen) atoms. The maximum Gasteiger partial charge on any atom is 0.235 e. The molecule has 1 saturated carbocycles. The van der Waals surface area contributed by atoms with Crippen LogP contribution in [0, 0.1) is 0 Å². The lowest BCUT2D eigenvalue weighted by Gasteiger charge is -2.29. The lowest BCUT2D eigenvalue weighted by molar-refractivity contribution is -0.121. The fourth-order valence-electron chi connectivity index (χ4n) is 4.60. The summed E-state index contributed by atoms with van der Waals surface area (Å²) in [6, 6.07) is 10.0. The average Bonchev–Trinajstić information content (AvgIpc) is 3.40. The fraction of sp³-hybridized carbons (Fsp3) is 0.500. The fourth-order valence-corrected chi connectivity index (χ4v) is 7.06. The first-order valence-corrected chi connectivity index (χ1v) is 12.9. The van der Waals surface area contributed by atoms with Crippen molar-refractivity contribution in [3.8, 4) is 0 Å². The molecule has 1 amide bonds. The Labute approximate surface area is 177 Å². The molecule has 1 fully saturated rings. The molecule has 2 heterocycles. The van der Waals surface area contributed by atoms with Crippen molar-refractivity contribution in [3.05, 3.63) is 51.7 Å². The number of anilines is 1. The normalized spacial score (nSPS) is 19.1. The highest BCUT2D eigenvalue weighted by Crippen LogP contribution is 2.44. The van der Waals surface area contributed by atoms with Crippen LogP contribution in [0.1, 0.15) is 55.0 Å². The van der Waals surface area contributed by atoms with Gasteiger partial charge in [0.05, 0.1) is 11.2 Å². The van der Waals surface area contributed by atoms with Crippen LogP contribution >= 0.6 is 11.3 Å². The van der Waals surface area contributed by atoms with Crippen LogP contribution in [0.15, 0.2) is 35.7 Å². The zero-order valence-corrected chi connectivity index (χ0v) is 18.4. The molecule has 7 heteroatoms. The molecule has 2 aliphatic rings. The van der Waals surface area contributed by atoms with E-state index in [2.05, 4.69) is 11.4 Å². The summed E-state index contributed by atoms with van der Waals surface area (Å²) >= 11 is 1.65. The largest absolute Gasteiger partial charge is 0.325 e. The highest BCUT2D eigenvalue weighted by atomic mass is 32.2. The molecule has 0 bridgehead atoms. The van der Waals surface area contributed by atoms with E-state index in [1.165, 1.54) is 5.56 Å². The van der Waals surface area contributed by atoms with Gasteiger partial charge in [0.15, 0.2) is 0 Å². The molecule has 0 spiro atoms. The summed E-state index contributed by atoms with van der Waals surface area (Å²) in [6.07, 6.45) is 5.23. The van der Waals surface area contributed by atoms with Gasteiger partial charge in [-0.1, -0.05) is 31.9 Å². The molecule has 0 radical (unpaired) electrons. The summed E-state index contributed by atoms with van der Waals surface area (Å²) in [5.74, 6) is 0.242. The predicted molar refractivity (Wildman–Crippen MR) is 118 cm³/mol. The zero-order valence-electron chi connectivity index (χ0n) is 16.8. The summed E-state index contributed by atoms with van der Waals surface area (Å²) in [4.78, 5) is 14.4. The van der Waals surface area contributed by atoms with Gasteiger partial charge in [0.1, 0.15) is 0 Å². The number of amides is 1. The smallest absolute Gasteiger partial charge is 0.235 e. The number of carbonyl (C=O) groups is 1. The third-order valence-electron chi connectivity index (χ3n) is 6.18. The molecule has 0 atom stereocenters. The van der Waals surface area contributed by atoms with E-state index >= 15 is 0 Å². The van der Waals surface area contributed by atoms with E-state index in [1.54, 1.807) is 15.6 Å². The number of carbonyl (C=O) groups excluding carboxylic acids is 1. The molecule has 4 rings (SSSR count). The second kappa shape index (κ2) is 8.20. The Morgan fingerprint density at radius 2 is 2.00 bits per heavy atom. The highest BCUT2D eigenvalue weighted by Gasteiger charge is 2.43. The van der Waals surface area contributed by atoms with Gasteiger partial charge in [0.25, 0.3) is 0 Å². The molecular formula is C22H28N2O3S2. The van der Waals surface area contributed by atoms with Gasteiger partial charge in [0, 0.05) is 23.7 Å². The Hall–Kier alpha value is -1.70. The van der Waals surface area contributed by atoms with Crippen molar-refractivity contribution in [1.82, 2.24) is 4.31 Å². The van der Waals surface area contributed by atoms with Crippen molar-refractivity contribution in [2.45, 2.75) is 57.4 Å². The van der Waals surface area contributed by atoms with E-state index in [9.17, 15) is 13.2 Å². The van der Waals surface area contributed by atoms with Gasteiger partial charge in [-0.15, -0.1) is 11.3 Å². The van der Waals surface area contributed by atoms with Gasteiger partial charge < -0.3 is 5.32 Å². The number of fused-ring (bicyclic) bond motifs is 1. The first-order chi connectivity index (χ1) is 13.9. The second-order valence-corrected chi connectivity index (χ2v) is 11.1. The number of nitrogens with one attached hydrogen (secondary N) is 1. The first kappa shape index (κ1) is 20.6. The van der Waals surface area contributed by atoms with Crippen LogP contribution in [0.5, 0.6) is 0 Å². The van der Waals surface area contributed by atoms with E-state index in [0.29, 0.717) is 25.9 Å². The summed E-state index contributed by atoms with van der Waals surface area (Å²) in [7, 11) is -3.22. The van der Waals surface area contributed by atoms with Crippen LogP contribution in [0.4, 0.5) is 5.69 Å². The zero-order chi connectivity index (χ0) is 20.5. The van der Waals surface area contributed by atoms with Crippen LogP contribution in [-0.4, -0.2) is 30.9 Å². The van der Waals surface area contributed by atoms with Gasteiger partial charge >= 0.3 is 0 Å². The first-order valence-electron chi connectivity index (χ1n) is 10.4. The quantitative estimate of drug-likeness (QED) is 0.740. The topological polar surface area (TPSA) is 66.5 Å². The minimum absolute atomic E-state index is 0.0590. The lowest BCUT2D eigenvalue weighted by Crippen LogP contribution is -2.38. The van der Waals surface area contributed by atoms with Crippen LogP contribution in [0.25, 0.3) is 0 Å². The van der Waals surface area contributed by atoms with E-state index in [1.807, 2.05) is 36.6 Å². The average molecular weight is 433 g/mol. The van der Waals surface area contributed by atoms with Crippen molar-refractivity contribution in [2.75, 3.05) is 17.6 Å². The SMILES string of the molecule is CCCS(=O)(=O)N1CCc2ccc(NC(=O)C3(c4cccs4)CCCC3)cc2C1. The van der Waals surface area contributed by atoms with Crippen molar-refractivity contribution < 1.29 is 13.2 Å². The molecule has 1 N–H and O–H groups in total. The molecule has 1 aliphatic heterocycles. The number of nitrogens with zero attached hydrogens (tertiary/aromatic N) is 1. The molecule has 1 aromatic heterocycles. The van der Waals surface area contributed by atoms with E-state index in [0.717, 1.165) is 41.8 Å². The molecular weight excluding hydrogens is 404 g/mol. The number of sulfonamides is 1. The summed E-state index contributed by atoms with van der Waals surface area (Å²) in [5.41, 5.74) is 2.48. The molecule has 156 valence electrons. The Kier molecular flexibility index (Phi) is 5.82. The Morgan fingerprint density at radius 1 is 1.21 bits per heavy atom. The van der Waals surface area contributed by atoms with Crippen molar-refractivity contribution in [3.63, 3.8) is 0 Å². The van der Waals surface area contributed by atoms with Crippen molar-refractivity contribution in [1.29, 1.82) is 0 Å². The molecule has 1 aliphatic carbocycles. The summed E-state index contributed by atoms with van der Waals surface area (Å²) in [6.45, 7) is 2.80. The molecule has 0 saturated heterocycles. The van der Waals surface area contributed by atoms with E-state index in [-0.39, 0.29) is 11.7 Å². The van der Waals surface area contributed by atoms with Crippen molar-refractivity contribution in [2.24, 2.45) is 0 Å². The van der Waals surface area contributed by atoms with Gasteiger partial charge in [-0.25, -0.2) is 8.42 Å². The molecule has 1 aromatic carbocycles. The van der Waals surface area contributed by atoms with Crippen LogP contribution in [0.2, 0.25) is 0 Å². The Bertz CT molecular complexity index is 977. The Morgan fingerprint density at radius 3 is 2.69 bits per heavy atom.